The number of hydrogen-bond donors (Lipinski definition) is 1. The molecule has 0 saturated heterocycles. The van der Waals surface area contributed by atoms with E-state index in [1.807, 2.05) is 0 Å². The smallest absolute Gasteiger partial charge is 0.266 e. The molecule has 1 N–H and O–H groups in total. The number of para-hydroxylation sites is 1. The molecule has 0 saturated carbocycles. The Kier molecular flexibility index (Phi) is 6.17. The van der Waals surface area contributed by atoms with E-state index in [1.165, 1.54) is 6.07 Å². The number of anilines is 2. The third-order valence-corrected chi connectivity index (χ3v) is 5.01. The topological polar surface area (TPSA) is 116 Å². The van der Waals surface area contributed by atoms with E-state index >= 15 is 0 Å². The standard InChI is InChI=1S/C25H20N2O6/c28-22(10-5-11-23(29)30)26-16-6-4-9-18(14-16)33-19-12-13-20-21(15-19)25(32)27(24(20)31)17-7-2-1-3-8-17/h1-4,6-9,12-15H,5,10-11H2,(H,26,28)(H,29,30)/p-1. The minimum absolute atomic E-state index is 0.0535. The summed E-state index contributed by atoms with van der Waals surface area (Å²) in [5, 5.41) is 13.1. The van der Waals surface area contributed by atoms with Crippen molar-refractivity contribution < 1.29 is 29.0 Å². The maximum absolute atomic E-state index is 12.9. The number of carbonyl (C=O) groups is 4. The molecule has 0 aliphatic carbocycles. The highest BCUT2D eigenvalue weighted by Crippen LogP contribution is 2.32. The minimum Gasteiger partial charge on any atom is -0.550 e. The Hall–Kier alpha value is -4.46. The lowest BCUT2D eigenvalue weighted by atomic mass is 10.1. The normalized spacial score (nSPS) is 12.4. The third kappa shape index (κ3) is 4.90. The number of rotatable bonds is 8. The van der Waals surface area contributed by atoms with Crippen LogP contribution in [-0.4, -0.2) is 23.7 Å². The quantitative estimate of drug-likeness (QED) is 0.535. The highest BCUT2D eigenvalue weighted by Gasteiger charge is 2.36. The van der Waals surface area contributed by atoms with Gasteiger partial charge in [-0.1, -0.05) is 24.3 Å². The monoisotopic (exact) mass is 443 g/mol. The maximum atomic E-state index is 12.9. The molecule has 3 aromatic carbocycles. The fourth-order valence-electron chi connectivity index (χ4n) is 3.49. The van der Waals surface area contributed by atoms with Crippen molar-refractivity contribution in [2.24, 2.45) is 0 Å². The molecule has 33 heavy (non-hydrogen) atoms. The molecular weight excluding hydrogens is 424 g/mol. The number of imide groups is 1. The molecular formula is C25H19N2O6-. The lowest BCUT2D eigenvalue weighted by Crippen LogP contribution is -2.29. The third-order valence-electron chi connectivity index (χ3n) is 5.01. The Balaban J connectivity index is 1.46. The van der Waals surface area contributed by atoms with Gasteiger partial charge in [0, 0.05) is 24.1 Å². The van der Waals surface area contributed by atoms with Gasteiger partial charge in [0.2, 0.25) is 5.91 Å². The number of carboxylic acid groups (broad SMARTS) is 1. The molecule has 1 aliphatic heterocycles. The van der Waals surface area contributed by atoms with Crippen molar-refractivity contribution in [3.63, 3.8) is 0 Å². The fourth-order valence-corrected chi connectivity index (χ4v) is 3.49. The number of nitrogens with zero attached hydrogens (tertiary/aromatic N) is 1. The second-order valence-corrected chi connectivity index (χ2v) is 7.39. The first kappa shape index (κ1) is 21.8. The SMILES string of the molecule is O=C([O-])CCCC(=O)Nc1cccc(Oc2ccc3c(c2)C(=O)N(c2ccccc2)C3=O)c1. The van der Waals surface area contributed by atoms with Crippen LogP contribution in [0.15, 0.2) is 72.8 Å². The number of ether oxygens (including phenoxy) is 1. The number of benzene rings is 3. The van der Waals surface area contributed by atoms with Gasteiger partial charge in [0.1, 0.15) is 11.5 Å². The molecule has 8 heteroatoms. The van der Waals surface area contributed by atoms with Gasteiger partial charge < -0.3 is 20.0 Å². The molecule has 8 nitrogen and oxygen atoms in total. The van der Waals surface area contributed by atoms with Crippen LogP contribution < -0.4 is 20.1 Å². The van der Waals surface area contributed by atoms with Gasteiger partial charge in [-0.2, -0.15) is 0 Å². The van der Waals surface area contributed by atoms with Crippen LogP contribution in [-0.2, 0) is 9.59 Å². The van der Waals surface area contributed by atoms with Gasteiger partial charge in [0.25, 0.3) is 11.8 Å². The van der Waals surface area contributed by atoms with Gasteiger partial charge in [0.05, 0.1) is 16.8 Å². The average molecular weight is 443 g/mol. The average Bonchev–Trinajstić information content (AvgIpc) is 3.04. The van der Waals surface area contributed by atoms with Crippen molar-refractivity contribution in [3.05, 3.63) is 83.9 Å². The van der Waals surface area contributed by atoms with Crippen LogP contribution in [0.2, 0.25) is 0 Å². The predicted molar refractivity (Wildman–Crippen MR) is 118 cm³/mol. The maximum Gasteiger partial charge on any atom is 0.266 e. The molecule has 0 fully saturated rings. The van der Waals surface area contributed by atoms with Crippen molar-refractivity contribution in [3.8, 4) is 11.5 Å². The van der Waals surface area contributed by atoms with Crippen LogP contribution in [0.4, 0.5) is 11.4 Å². The van der Waals surface area contributed by atoms with E-state index in [0.29, 0.717) is 28.4 Å². The lowest BCUT2D eigenvalue weighted by Gasteiger charge is -2.13. The van der Waals surface area contributed by atoms with Crippen LogP contribution in [0.25, 0.3) is 0 Å². The zero-order valence-corrected chi connectivity index (χ0v) is 17.4. The summed E-state index contributed by atoms with van der Waals surface area (Å²) in [6, 6.07) is 20.0. The zero-order chi connectivity index (χ0) is 23.4. The Bertz CT molecular complexity index is 1240. The molecule has 1 aliphatic rings. The molecule has 0 unspecified atom stereocenters. The predicted octanol–water partition coefficient (Wildman–Crippen LogP) is 3.14. The summed E-state index contributed by atoms with van der Waals surface area (Å²) in [5.74, 6) is -1.56. The van der Waals surface area contributed by atoms with Gasteiger partial charge in [-0.3, -0.25) is 14.4 Å². The Morgan fingerprint density at radius 3 is 2.30 bits per heavy atom. The second-order valence-electron chi connectivity index (χ2n) is 7.39. The minimum atomic E-state index is -1.19. The van der Waals surface area contributed by atoms with E-state index in [2.05, 4.69) is 5.32 Å². The summed E-state index contributed by atoms with van der Waals surface area (Å²) in [7, 11) is 0. The summed E-state index contributed by atoms with van der Waals surface area (Å²) in [4.78, 5) is 49.2. The number of fused-ring (bicyclic) bond motifs is 1. The van der Waals surface area contributed by atoms with Crippen molar-refractivity contribution in [2.75, 3.05) is 10.2 Å². The van der Waals surface area contributed by atoms with E-state index in [0.717, 1.165) is 4.90 Å². The van der Waals surface area contributed by atoms with Crippen molar-refractivity contribution in [2.45, 2.75) is 19.3 Å². The van der Waals surface area contributed by atoms with E-state index < -0.39 is 17.8 Å². The number of carboxylic acids is 1. The van der Waals surface area contributed by atoms with Gasteiger partial charge >= 0.3 is 0 Å². The van der Waals surface area contributed by atoms with E-state index in [9.17, 15) is 24.3 Å². The number of nitrogens with one attached hydrogen (secondary N) is 1. The molecule has 0 bridgehead atoms. The molecule has 0 radical (unpaired) electrons. The van der Waals surface area contributed by atoms with E-state index in [4.69, 9.17) is 4.74 Å². The largest absolute Gasteiger partial charge is 0.550 e. The van der Waals surface area contributed by atoms with Crippen LogP contribution >= 0.6 is 0 Å². The Morgan fingerprint density at radius 2 is 1.55 bits per heavy atom. The summed E-state index contributed by atoms with van der Waals surface area (Å²) in [5.41, 5.74) is 1.52. The molecule has 3 aromatic rings. The highest BCUT2D eigenvalue weighted by atomic mass is 16.5. The zero-order valence-electron chi connectivity index (χ0n) is 17.4. The summed E-state index contributed by atoms with van der Waals surface area (Å²) in [6.45, 7) is 0. The first-order valence-electron chi connectivity index (χ1n) is 10.3. The molecule has 0 aromatic heterocycles. The fraction of sp³-hybridized carbons (Fsp3) is 0.120. The molecule has 4 rings (SSSR count). The Morgan fingerprint density at radius 1 is 0.818 bits per heavy atom. The van der Waals surface area contributed by atoms with Crippen LogP contribution in [0.5, 0.6) is 11.5 Å². The first-order valence-corrected chi connectivity index (χ1v) is 10.3. The summed E-state index contributed by atoms with van der Waals surface area (Å²) < 4.78 is 5.84. The van der Waals surface area contributed by atoms with Crippen LogP contribution in [0, 0.1) is 0 Å². The number of aliphatic carboxylic acids is 1. The van der Waals surface area contributed by atoms with Gasteiger partial charge in [-0.05, 0) is 55.3 Å². The van der Waals surface area contributed by atoms with Gasteiger partial charge in [0.15, 0.2) is 0 Å². The Labute approximate surface area is 189 Å². The van der Waals surface area contributed by atoms with Crippen LogP contribution in [0.1, 0.15) is 40.0 Å². The molecule has 166 valence electrons. The number of carbonyl (C=O) groups excluding carboxylic acids is 4. The van der Waals surface area contributed by atoms with E-state index in [-0.39, 0.29) is 30.7 Å². The van der Waals surface area contributed by atoms with Crippen molar-refractivity contribution >= 4 is 35.1 Å². The summed E-state index contributed by atoms with van der Waals surface area (Å²) in [6.07, 6.45) is 0.0575. The van der Waals surface area contributed by atoms with Crippen molar-refractivity contribution in [1.82, 2.24) is 0 Å². The van der Waals surface area contributed by atoms with Crippen LogP contribution in [0.3, 0.4) is 0 Å². The lowest BCUT2D eigenvalue weighted by molar-refractivity contribution is -0.305. The summed E-state index contributed by atoms with van der Waals surface area (Å²) >= 11 is 0. The van der Waals surface area contributed by atoms with Crippen molar-refractivity contribution in [1.29, 1.82) is 0 Å². The molecule has 3 amide bonds. The van der Waals surface area contributed by atoms with E-state index in [1.54, 1.807) is 66.7 Å². The molecule has 1 heterocycles. The van der Waals surface area contributed by atoms with Gasteiger partial charge in [-0.25, -0.2) is 4.90 Å². The second kappa shape index (κ2) is 9.35. The highest BCUT2D eigenvalue weighted by molar-refractivity contribution is 6.34. The number of hydrogen-bond acceptors (Lipinski definition) is 6. The molecule has 0 atom stereocenters. The van der Waals surface area contributed by atoms with Gasteiger partial charge in [-0.15, -0.1) is 0 Å². The molecule has 0 spiro atoms. The number of amides is 3. The first-order chi connectivity index (χ1) is 15.9.